The van der Waals surface area contributed by atoms with E-state index in [0.29, 0.717) is 12.5 Å². The molecule has 0 spiro atoms. The SMILES string of the molecule is CCOC(=O)C1SCC(CN(C)C)CS1.O=C(O)C(=O)O. The molecule has 1 saturated heterocycles. The molecule has 1 aliphatic rings. The zero-order valence-corrected chi connectivity index (χ0v) is 13.9. The smallest absolute Gasteiger partial charge is 0.414 e. The van der Waals surface area contributed by atoms with E-state index < -0.39 is 11.9 Å². The topological polar surface area (TPSA) is 104 Å². The number of carboxylic acids is 2. The average Bonchev–Trinajstić information content (AvgIpc) is 2.39. The lowest BCUT2D eigenvalue weighted by atomic mass is 10.2. The van der Waals surface area contributed by atoms with Crippen molar-refractivity contribution in [1.82, 2.24) is 4.90 Å². The summed E-state index contributed by atoms with van der Waals surface area (Å²) in [4.78, 5) is 31.9. The minimum atomic E-state index is -1.82. The molecule has 0 bridgehead atoms. The Morgan fingerprint density at radius 2 is 1.62 bits per heavy atom. The van der Waals surface area contributed by atoms with Gasteiger partial charge in [-0.1, -0.05) is 0 Å². The molecule has 7 nitrogen and oxygen atoms in total. The second-order valence-electron chi connectivity index (χ2n) is 4.49. The van der Waals surface area contributed by atoms with E-state index in [1.54, 1.807) is 23.5 Å². The van der Waals surface area contributed by atoms with Crippen LogP contribution in [0.1, 0.15) is 6.92 Å². The van der Waals surface area contributed by atoms with Gasteiger partial charge < -0.3 is 19.8 Å². The monoisotopic (exact) mass is 339 g/mol. The minimum absolute atomic E-state index is 0.00311. The van der Waals surface area contributed by atoms with Crippen LogP contribution in [-0.2, 0) is 19.1 Å². The molecule has 0 aromatic heterocycles. The van der Waals surface area contributed by atoms with Gasteiger partial charge in [-0.05, 0) is 38.4 Å². The zero-order chi connectivity index (χ0) is 16.4. The van der Waals surface area contributed by atoms with Crippen LogP contribution in [0.25, 0.3) is 0 Å². The van der Waals surface area contributed by atoms with E-state index in [0.717, 1.165) is 18.1 Å². The number of carbonyl (C=O) groups is 3. The number of aliphatic carboxylic acids is 2. The standard InChI is InChI=1S/C10H19NO2S2.C2H2O4/c1-4-13-9(12)10-14-6-8(7-15-10)5-11(2)3;3-1(4)2(5)6/h8,10H,4-7H2,1-3H3;(H,3,4)(H,5,6). The molecule has 0 aromatic carbocycles. The zero-order valence-electron chi connectivity index (χ0n) is 12.3. The maximum absolute atomic E-state index is 11.5. The second kappa shape index (κ2) is 10.7. The normalized spacial score (nSPS) is 21.1. The minimum Gasteiger partial charge on any atom is -0.473 e. The summed E-state index contributed by atoms with van der Waals surface area (Å²) in [6, 6.07) is 0. The van der Waals surface area contributed by atoms with E-state index in [9.17, 15) is 4.79 Å². The molecule has 9 heteroatoms. The molecular formula is C12H21NO6S2. The van der Waals surface area contributed by atoms with Gasteiger partial charge in [-0.2, -0.15) is 0 Å². The van der Waals surface area contributed by atoms with Crippen molar-refractivity contribution in [2.75, 3.05) is 38.8 Å². The van der Waals surface area contributed by atoms with Crippen molar-refractivity contribution < 1.29 is 29.3 Å². The van der Waals surface area contributed by atoms with Crippen LogP contribution in [0.5, 0.6) is 0 Å². The van der Waals surface area contributed by atoms with E-state index in [1.807, 2.05) is 6.92 Å². The highest BCUT2D eigenvalue weighted by Crippen LogP contribution is 2.34. The molecule has 0 aliphatic carbocycles. The molecule has 122 valence electrons. The first-order chi connectivity index (χ1) is 9.77. The lowest BCUT2D eigenvalue weighted by Crippen LogP contribution is -2.31. The molecule has 0 saturated carbocycles. The molecule has 1 fully saturated rings. The summed E-state index contributed by atoms with van der Waals surface area (Å²) in [7, 11) is 4.18. The fourth-order valence-electron chi connectivity index (χ4n) is 1.51. The number of ether oxygens (including phenoxy) is 1. The van der Waals surface area contributed by atoms with Crippen molar-refractivity contribution in [2.24, 2.45) is 5.92 Å². The van der Waals surface area contributed by atoms with Crippen LogP contribution in [0.4, 0.5) is 0 Å². The third-order valence-electron chi connectivity index (χ3n) is 2.25. The molecule has 0 atom stereocenters. The lowest BCUT2D eigenvalue weighted by molar-refractivity contribution is -0.159. The van der Waals surface area contributed by atoms with Crippen molar-refractivity contribution in [3.63, 3.8) is 0 Å². The Hall–Kier alpha value is -0.930. The fourth-order valence-corrected chi connectivity index (χ4v) is 4.27. The highest BCUT2D eigenvalue weighted by Gasteiger charge is 2.28. The highest BCUT2D eigenvalue weighted by atomic mass is 32.2. The van der Waals surface area contributed by atoms with Crippen LogP contribution in [0.15, 0.2) is 0 Å². The molecule has 2 N–H and O–H groups in total. The van der Waals surface area contributed by atoms with Gasteiger partial charge in [-0.3, -0.25) is 0 Å². The van der Waals surface area contributed by atoms with Gasteiger partial charge in [0.2, 0.25) is 0 Å². The summed E-state index contributed by atoms with van der Waals surface area (Å²) >= 11 is 3.45. The van der Waals surface area contributed by atoms with Crippen molar-refractivity contribution in [3.8, 4) is 0 Å². The highest BCUT2D eigenvalue weighted by molar-refractivity contribution is 8.18. The number of carbonyl (C=O) groups excluding carboxylic acids is 1. The first-order valence-corrected chi connectivity index (χ1v) is 8.38. The fraction of sp³-hybridized carbons (Fsp3) is 0.750. The molecular weight excluding hydrogens is 318 g/mol. The predicted molar refractivity (Wildman–Crippen MR) is 82.7 cm³/mol. The van der Waals surface area contributed by atoms with Crippen LogP contribution in [-0.4, -0.2) is 76.4 Å². The average molecular weight is 339 g/mol. The van der Waals surface area contributed by atoms with Crippen molar-refractivity contribution >= 4 is 41.4 Å². The first-order valence-electron chi connectivity index (χ1n) is 6.28. The predicted octanol–water partition coefficient (Wildman–Crippen LogP) is 0.689. The van der Waals surface area contributed by atoms with E-state index in [4.69, 9.17) is 24.5 Å². The van der Waals surface area contributed by atoms with E-state index in [-0.39, 0.29) is 10.6 Å². The number of rotatable bonds is 4. The van der Waals surface area contributed by atoms with Gasteiger partial charge >= 0.3 is 17.9 Å². The van der Waals surface area contributed by atoms with Crippen LogP contribution < -0.4 is 0 Å². The van der Waals surface area contributed by atoms with Gasteiger partial charge in [-0.15, -0.1) is 23.5 Å². The molecule has 0 radical (unpaired) electrons. The third kappa shape index (κ3) is 9.59. The van der Waals surface area contributed by atoms with Gasteiger partial charge in [0.1, 0.15) is 4.58 Å². The van der Waals surface area contributed by atoms with E-state index in [1.165, 1.54) is 0 Å². The molecule has 21 heavy (non-hydrogen) atoms. The van der Waals surface area contributed by atoms with E-state index >= 15 is 0 Å². The number of hydrogen-bond acceptors (Lipinski definition) is 7. The summed E-state index contributed by atoms with van der Waals surface area (Å²) in [5.41, 5.74) is 0. The van der Waals surface area contributed by atoms with E-state index in [2.05, 4.69) is 19.0 Å². The molecule has 1 aliphatic heterocycles. The molecule has 1 heterocycles. The summed E-state index contributed by atoms with van der Waals surface area (Å²) in [5.74, 6) is -0.884. The number of hydrogen-bond donors (Lipinski definition) is 2. The number of esters is 1. The van der Waals surface area contributed by atoms with Gasteiger partial charge in [0, 0.05) is 6.54 Å². The molecule has 1 rings (SSSR count). The number of carboxylic acid groups (broad SMARTS) is 2. The van der Waals surface area contributed by atoms with Crippen molar-refractivity contribution in [3.05, 3.63) is 0 Å². The van der Waals surface area contributed by atoms with Gasteiger partial charge in [0.05, 0.1) is 6.61 Å². The van der Waals surface area contributed by atoms with Gasteiger partial charge in [0.15, 0.2) is 0 Å². The Morgan fingerprint density at radius 3 is 1.95 bits per heavy atom. The molecule has 0 aromatic rings. The summed E-state index contributed by atoms with van der Waals surface area (Å²) in [6.07, 6.45) is 0. The maximum atomic E-state index is 11.5. The van der Waals surface area contributed by atoms with Crippen molar-refractivity contribution in [2.45, 2.75) is 11.5 Å². The number of thioether (sulfide) groups is 2. The summed E-state index contributed by atoms with van der Waals surface area (Å²) in [5, 5.41) is 14.8. The maximum Gasteiger partial charge on any atom is 0.414 e. The number of nitrogens with zero attached hydrogens (tertiary/aromatic N) is 1. The third-order valence-corrected chi connectivity index (χ3v) is 5.39. The largest absolute Gasteiger partial charge is 0.473 e. The first kappa shape index (κ1) is 20.1. The Labute approximate surface area is 132 Å². The summed E-state index contributed by atoms with van der Waals surface area (Å²) in [6.45, 7) is 3.44. The van der Waals surface area contributed by atoms with Crippen LogP contribution in [0, 0.1) is 5.92 Å². The Kier molecular flexibility index (Phi) is 10.3. The van der Waals surface area contributed by atoms with Gasteiger partial charge in [-0.25, -0.2) is 14.4 Å². The molecule has 0 unspecified atom stereocenters. The van der Waals surface area contributed by atoms with Crippen LogP contribution in [0.2, 0.25) is 0 Å². The molecule has 0 amide bonds. The second-order valence-corrected chi connectivity index (χ2v) is 7.06. The Bertz CT molecular complexity index is 344. The van der Waals surface area contributed by atoms with Crippen LogP contribution in [0.3, 0.4) is 0 Å². The Balaban J connectivity index is 0.000000567. The summed E-state index contributed by atoms with van der Waals surface area (Å²) < 4.78 is 5.01. The lowest BCUT2D eigenvalue weighted by Gasteiger charge is -2.28. The quantitative estimate of drug-likeness (QED) is 0.565. The van der Waals surface area contributed by atoms with Crippen molar-refractivity contribution in [1.29, 1.82) is 0 Å². The Morgan fingerprint density at radius 1 is 1.14 bits per heavy atom. The van der Waals surface area contributed by atoms with Gasteiger partial charge in [0.25, 0.3) is 0 Å². The van der Waals surface area contributed by atoms with Crippen LogP contribution >= 0.6 is 23.5 Å².